The molecule has 1 aromatic carbocycles. The van der Waals surface area contributed by atoms with Crippen molar-refractivity contribution in [3.63, 3.8) is 0 Å². The monoisotopic (exact) mass is 348 g/mol. The van der Waals surface area contributed by atoms with Crippen molar-refractivity contribution >= 4 is 15.9 Å². The lowest BCUT2D eigenvalue weighted by Crippen LogP contribution is -2.05. The molecule has 1 unspecified atom stereocenters. The molecule has 0 aliphatic rings. The summed E-state index contributed by atoms with van der Waals surface area (Å²) in [6.07, 6.45) is 1.77. The van der Waals surface area contributed by atoms with Crippen LogP contribution in [0.2, 0.25) is 0 Å². The number of aromatic nitrogens is 5. The van der Waals surface area contributed by atoms with Crippen molar-refractivity contribution in [3.05, 3.63) is 46.5 Å². The van der Waals surface area contributed by atoms with Gasteiger partial charge in [0, 0.05) is 16.1 Å². The van der Waals surface area contributed by atoms with Crippen molar-refractivity contribution < 1.29 is 4.52 Å². The molecule has 0 bridgehead atoms. The summed E-state index contributed by atoms with van der Waals surface area (Å²) < 4.78 is 7.82. The lowest BCUT2D eigenvalue weighted by atomic mass is 10.2. The molecule has 0 amide bonds. The van der Waals surface area contributed by atoms with Gasteiger partial charge in [0.15, 0.2) is 0 Å². The smallest absolute Gasteiger partial charge is 0.248 e. The lowest BCUT2D eigenvalue weighted by Gasteiger charge is -1.96. The minimum Gasteiger partial charge on any atom is -0.337 e. The topological polar surface area (TPSA) is 95.7 Å². The van der Waals surface area contributed by atoms with Crippen LogP contribution in [0.5, 0.6) is 0 Å². The third-order valence-corrected chi connectivity index (χ3v) is 3.36. The Morgan fingerprint density at radius 2 is 2.29 bits per heavy atom. The van der Waals surface area contributed by atoms with Crippen LogP contribution in [0, 0.1) is 0 Å². The van der Waals surface area contributed by atoms with Gasteiger partial charge in [0.05, 0.1) is 11.9 Å². The molecule has 8 heteroatoms. The van der Waals surface area contributed by atoms with E-state index >= 15 is 0 Å². The second-order valence-electron chi connectivity index (χ2n) is 4.65. The predicted molar refractivity (Wildman–Crippen MR) is 79.2 cm³/mol. The number of hydrogen-bond acceptors (Lipinski definition) is 6. The van der Waals surface area contributed by atoms with E-state index in [9.17, 15) is 0 Å². The Labute approximate surface area is 129 Å². The normalized spacial score (nSPS) is 12.5. The molecule has 0 fully saturated rings. The third-order valence-electron chi connectivity index (χ3n) is 2.87. The van der Waals surface area contributed by atoms with Gasteiger partial charge in [-0.25, -0.2) is 4.68 Å². The minimum atomic E-state index is -0.154. The van der Waals surface area contributed by atoms with Crippen LogP contribution < -0.4 is 5.73 Å². The van der Waals surface area contributed by atoms with E-state index < -0.39 is 0 Å². The Bertz CT molecular complexity index is 750. The molecular formula is C13H13BrN6O. The SMILES string of the molecule is CC(N)c1cn(Cc2nc(-c3cccc(Br)c3)no2)nn1. The van der Waals surface area contributed by atoms with Crippen LogP contribution in [0.4, 0.5) is 0 Å². The van der Waals surface area contributed by atoms with Gasteiger partial charge in [0.2, 0.25) is 11.7 Å². The highest BCUT2D eigenvalue weighted by molar-refractivity contribution is 9.10. The highest BCUT2D eigenvalue weighted by Gasteiger charge is 2.11. The Balaban J connectivity index is 1.78. The zero-order chi connectivity index (χ0) is 14.8. The van der Waals surface area contributed by atoms with Gasteiger partial charge in [-0.2, -0.15) is 4.98 Å². The highest BCUT2D eigenvalue weighted by Crippen LogP contribution is 2.20. The largest absolute Gasteiger partial charge is 0.337 e. The first-order valence-electron chi connectivity index (χ1n) is 6.36. The number of benzene rings is 1. The van der Waals surface area contributed by atoms with Crippen LogP contribution in [-0.2, 0) is 6.54 Å². The van der Waals surface area contributed by atoms with Gasteiger partial charge >= 0.3 is 0 Å². The van der Waals surface area contributed by atoms with E-state index in [0.29, 0.717) is 18.3 Å². The van der Waals surface area contributed by atoms with Crippen LogP contribution in [0.1, 0.15) is 24.6 Å². The van der Waals surface area contributed by atoms with Gasteiger partial charge in [0.1, 0.15) is 6.54 Å². The van der Waals surface area contributed by atoms with Gasteiger partial charge in [-0.1, -0.05) is 38.4 Å². The van der Waals surface area contributed by atoms with E-state index in [1.807, 2.05) is 31.2 Å². The standard InChI is InChI=1S/C13H13BrN6O/c1-8(15)11-6-20(19-17-11)7-12-16-13(18-21-12)9-3-2-4-10(14)5-9/h2-6,8H,7,15H2,1H3. The number of rotatable bonds is 4. The van der Waals surface area contributed by atoms with Crippen LogP contribution >= 0.6 is 15.9 Å². The summed E-state index contributed by atoms with van der Waals surface area (Å²) >= 11 is 3.42. The molecule has 2 aromatic heterocycles. The predicted octanol–water partition coefficient (Wildman–Crippen LogP) is 2.16. The molecule has 0 spiro atoms. The zero-order valence-electron chi connectivity index (χ0n) is 11.3. The van der Waals surface area contributed by atoms with E-state index in [-0.39, 0.29) is 6.04 Å². The molecule has 2 N–H and O–H groups in total. The summed E-state index contributed by atoms with van der Waals surface area (Å²) in [5.41, 5.74) is 7.35. The molecule has 3 aromatic rings. The van der Waals surface area contributed by atoms with E-state index in [1.165, 1.54) is 0 Å². The second kappa shape index (κ2) is 5.74. The summed E-state index contributed by atoms with van der Waals surface area (Å²) in [5, 5.41) is 11.9. The van der Waals surface area contributed by atoms with Crippen LogP contribution in [0.3, 0.4) is 0 Å². The Morgan fingerprint density at radius 1 is 1.43 bits per heavy atom. The van der Waals surface area contributed by atoms with Gasteiger partial charge in [-0.05, 0) is 19.1 Å². The maximum absolute atomic E-state index is 5.74. The first kappa shape index (κ1) is 13.9. The van der Waals surface area contributed by atoms with Crippen LogP contribution in [0.15, 0.2) is 39.5 Å². The van der Waals surface area contributed by atoms with E-state index in [0.717, 1.165) is 15.7 Å². The Kier molecular flexibility index (Phi) is 3.80. The number of nitrogens with two attached hydrogens (primary N) is 1. The molecule has 0 radical (unpaired) electrons. The van der Waals surface area contributed by atoms with Crippen LogP contribution in [0.25, 0.3) is 11.4 Å². The summed E-state index contributed by atoms with van der Waals surface area (Å²) in [6.45, 7) is 2.22. The van der Waals surface area contributed by atoms with Crippen molar-refractivity contribution in [2.75, 3.05) is 0 Å². The number of hydrogen-bond donors (Lipinski definition) is 1. The molecule has 108 valence electrons. The van der Waals surface area contributed by atoms with E-state index in [2.05, 4.69) is 36.4 Å². The second-order valence-corrected chi connectivity index (χ2v) is 5.57. The molecule has 0 aliphatic carbocycles. The van der Waals surface area contributed by atoms with Crippen molar-refractivity contribution in [3.8, 4) is 11.4 Å². The van der Waals surface area contributed by atoms with Crippen molar-refractivity contribution in [2.45, 2.75) is 19.5 Å². The maximum Gasteiger partial charge on any atom is 0.248 e. The maximum atomic E-state index is 5.74. The number of nitrogens with zero attached hydrogens (tertiary/aromatic N) is 5. The van der Waals surface area contributed by atoms with Gasteiger partial charge in [-0.3, -0.25) is 0 Å². The zero-order valence-corrected chi connectivity index (χ0v) is 12.9. The van der Waals surface area contributed by atoms with Crippen molar-refractivity contribution in [1.29, 1.82) is 0 Å². The summed E-state index contributed by atoms with van der Waals surface area (Å²) in [7, 11) is 0. The molecular weight excluding hydrogens is 336 g/mol. The van der Waals surface area contributed by atoms with Crippen LogP contribution in [-0.4, -0.2) is 25.1 Å². The quantitative estimate of drug-likeness (QED) is 0.775. The van der Waals surface area contributed by atoms with Crippen molar-refractivity contribution in [1.82, 2.24) is 25.1 Å². The Morgan fingerprint density at radius 3 is 3.00 bits per heavy atom. The highest BCUT2D eigenvalue weighted by atomic mass is 79.9. The van der Waals surface area contributed by atoms with Gasteiger partial charge in [0.25, 0.3) is 0 Å². The fourth-order valence-electron chi connectivity index (χ4n) is 1.80. The average molecular weight is 349 g/mol. The molecule has 7 nitrogen and oxygen atoms in total. The molecule has 3 rings (SSSR count). The van der Waals surface area contributed by atoms with Gasteiger partial charge in [-0.15, -0.1) is 5.10 Å². The molecule has 21 heavy (non-hydrogen) atoms. The summed E-state index contributed by atoms with van der Waals surface area (Å²) in [4.78, 5) is 4.35. The first-order valence-corrected chi connectivity index (χ1v) is 7.15. The molecule has 0 saturated heterocycles. The molecule has 2 heterocycles. The molecule has 0 saturated carbocycles. The summed E-state index contributed by atoms with van der Waals surface area (Å²) in [5.74, 6) is 1.00. The fourth-order valence-corrected chi connectivity index (χ4v) is 2.20. The van der Waals surface area contributed by atoms with E-state index in [1.54, 1.807) is 10.9 Å². The number of halogens is 1. The average Bonchev–Trinajstić information content (AvgIpc) is 3.08. The third kappa shape index (κ3) is 3.17. The fraction of sp³-hybridized carbons (Fsp3) is 0.231. The Hall–Kier alpha value is -2.06. The lowest BCUT2D eigenvalue weighted by molar-refractivity contribution is 0.364. The van der Waals surface area contributed by atoms with Crippen molar-refractivity contribution in [2.24, 2.45) is 5.73 Å². The molecule has 1 atom stereocenters. The first-order chi connectivity index (χ1) is 10.1. The minimum absolute atomic E-state index is 0.154. The molecule has 0 aliphatic heterocycles. The van der Waals surface area contributed by atoms with E-state index in [4.69, 9.17) is 10.3 Å². The van der Waals surface area contributed by atoms with Gasteiger partial charge < -0.3 is 10.3 Å². The summed E-state index contributed by atoms with van der Waals surface area (Å²) in [6, 6.07) is 7.55.